The minimum atomic E-state index is -0.0743. The van der Waals surface area contributed by atoms with Crippen molar-refractivity contribution in [3.05, 3.63) is 21.3 Å². The molecule has 78 valence electrons. The molecule has 5 heteroatoms. The molecule has 0 atom stereocenters. The summed E-state index contributed by atoms with van der Waals surface area (Å²) in [6.07, 6.45) is 0. The highest BCUT2D eigenvalue weighted by Crippen LogP contribution is 2.21. The van der Waals surface area contributed by atoms with Crippen LogP contribution in [0.2, 0.25) is 5.02 Å². The predicted molar refractivity (Wildman–Crippen MR) is 59.9 cm³/mol. The Kier molecular flexibility index (Phi) is 4.22. The molecule has 1 aromatic rings. The topological polar surface area (TPSA) is 32.3 Å². The second-order valence-electron chi connectivity index (χ2n) is 2.94. The monoisotopic (exact) mass is 232 g/mol. The van der Waals surface area contributed by atoms with Crippen molar-refractivity contribution in [1.29, 1.82) is 0 Å². The molecule has 1 aromatic heterocycles. The SMILES string of the molecule is CCNC(=O)N(C)Cc1cscc1Cl. The van der Waals surface area contributed by atoms with Gasteiger partial charge in [-0.25, -0.2) is 4.79 Å². The zero-order valence-electron chi connectivity index (χ0n) is 8.21. The quantitative estimate of drug-likeness (QED) is 0.854. The maximum Gasteiger partial charge on any atom is 0.317 e. The second-order valence-corrected chi connectivity index (χ2v) is 4.09. The number of halogens is 1. The summed E-state index contributed by atoms with van der Waals surface area (Å²) < 4.78 is 0. The standard InChI is InChI=1S/C9H13ClN2OS/c1-3-11-9(13)12(2)4-7-5-14-6-8(7)10/h5-6H,3-4H2,1-2H3,(H,11,13). The molecular formula is C9H13ClN2OS. The van der Waals surface area contributed by atoms with Crippen LogP contribution < -0.4 is 5.32 Å². The molecule has 1 rings (SSSR count). The number of hydrogen-bond acceptors (Lipinski definition) is 2. The highest BCUT2D eigenvalue weighted by molar-refractivity contribution is 7.08. The van der Waals surface area contributed by atoms with Gasteiger partial charge in [-0.15, -0.1) is 0 Å². The van der Waals surface area contributed by atoms with Crippen molar-refractivity contribution in [2.75, 3.05) is 13.6 Å². The lowest BCUT2D eigenvalue weighted by molar-refractivity contribution is 0.207. The summed E-state index contributed by atoms with van der Waals surface area (Å²) in [4.78, 5) is 13.0. The molecule has 0 aliphatic carbocycles. The molecule has 0 aliphatic heterocycles. The van der Waals surface area contributed by atoms with Gasteiger partial charge in [-0.3, -0.25) is 0 Å². The molecule has 2 amide bonds. The van der Waals surface area contributed by atoms with E-state index in [0.717, 1.165) is 10.6 Å². The fourth-order valence-electron chi connectivity index (χ4n) is 1.03. The number of hydrogen-bond donors (Lipinski definition) is 1. The van der Waals surface area contributed by atoms with Crippen LogP contribution in [0.5, 0.6) is 0 Å². The van der Waals surface area contributed by atoms with E-state index in [1.807, 2.05) is 17.7 Å². The molecule has 0 bridgehead atoms. The number of nitrogens with one attached hydrogen (secondary N) is 1. The number of carbonyl (C=O) groups excluding carboxylic acids is 1. The van der Waals surface area contributed by atoms with Crippen LogP contribution in [0.15, 0.2) is 10.8 Å². The van der Waals surface area contributed by atoms with Crippen molar-refractivity contribution >= 4 is 29.0 Å². The Bertz CT molecular complexity index is 314. The van der Waals surface area contributed by atoms with E-state index in [0.29, 0.717) is 13.1 Å². The van der Waals surface area contributed by atoms with Gasteiger partial charge in [0, 0.05) is 31.1 Å². The molecule has 1 heterocycles. The maximum absolute atomic E-state index is 11.4. The van der Waals surface area contributed by atoms with Crippen molar-refractivity contribution in [2.24, 2.45) is 0 Å². The summed E-state index contributed by atoms with van der Waals surface area (Å²) in [7, 11) is 1.75. The molecule has 1 N–H and O–H groups in total. The van der Waals surface area contributed by atoms with Gasteiger partial charge in [0.1, 0.15) is 0 Å². The van der Waals surface area contributed by atoms with E-state index in [1.54, 1.807) is 23.3 Å². The Labute approximate surface area is 92.7 Å². The summed E-state index contributed by atoms with van der Waals surface area (Å²) in [6.45, 7) is 3.08. The molecule has 0 spiro atoms. The molecule has 0 aromatic carbocycles. The zero-order chi connectivity index (χ0) is 10.6. The summed E-state index contributed by atoms with van der Waals surface area (Å²) in [6, 6.07) is -0.0743. The van der Waals surface area contributed by atoms with Gasteiger partial charge in [0.15, 0.2) is 0 Å². The lowest BCUT2D eigenvalue weighted by Crippen LogP contribution is -2.36. The van der Waals surface area contributed by atoms with Crippen molar-refractivity contribution < 1.29 is 4.79 Å². The Balaban J connectivity index is 2.52. The van der Waals surface area contributed by atoms with Gasteiger partial charge in [-0.05, 0) is 12.3 Å². The minimum absolute atomic E-state index is 0.0743. The Morgan fingerprint density at radius 1 is 1.64 bits per heavy atom. The molecule has 0 radical (unpaired) electrons. The molecule has 0 fully saturated rings. The van der Waals surface area contributed by atoms with Gasteiger partial charge in [0.05, 0.1) is 5.02 Å². The van der Waals surface area contributed by atoms with Gasteiger partial charge in [-0.2, -0.15) is 11.3 Å². The number of nitrogens with zero attached hydrogens (tertiary/aromatic N) is 1. The fourth-order valence-corrected chi connectivity index (χ4v) is 2.07. The van der Waals surface area contributed by atoms with Crippen LogP contribution in [-0.4, -0.2) is 24.5 Å². The third-order valence-corrected chi connectivity index (χ3v) is 3.04. The average Bonchev–Trinajstić information content (AvgIpc) is 2.52. The van der Waals surface area contributed by atoms with Crippen LogP contribution in [-0.2, 0) is 6.54 Å². The number of amides is 2. The van der Waals surface area contributed by atoms with Crippen LogP contribution in [0, 0.1) is 0 Å². The second kappa shape index (κ2) is 5.22. The molecule has 14 heavy (non-hydrogen) atoms. The molecule has 0 aliphatic rings. The van der Waals surface area contributed by atoms with E-state index in [9.17, 15) is 4.79 Å². The van der Waals surface area contributed by atoms with Gasteiger partial charge >= 0.3 is 6.03 Å². The van der Waals surface area contributed by atoms with E-state index in [2.05, 4.69) is 5.32 Å². The highest BCUT2D eigenvalue weighted by Gasteiger charge is 2.09. The molecule has 0 saturated heterocycles. The van der Waals surface area contributed by atoms with Gasteiger partial charge in [0.25, 0.3) is 0 Å². The van der Waals surface area contributed by atoms with Gasteiger partial charge in [-0.1, -0.05) is 11.6 Å². The zero-order valence-corrected chi connectivity index (χ0v) is 9.78. The van der Waals surface area contributed by atoms with E-state index in [4.69, 9.17) is 11.6 Å². The van der Waals surface area contributed by atoms with Crippen molar-refractivity contribution in [3.8, 4) is 0 Å². The largest absolute Gasteiger partial charge is 0.338 e. The summed E-state index contributed by atoms with van der Waals surface area (Å²) >= 11 is 7.46. The smallest absolute Gasteiger partial charge is 0.317 e. The third kappa shape index (κ3) is 2.89. The van der Waals surface area contributed by atoms with Crippen LogP contribution in [0.25, 0.3) is 0 Å². The maximum atomic E-state index is 11.4. The van der Waals surface area contributed by atoms with E-state index >= 15 is 0 Å². The van der Waals surface area contributed by atoms with E-state index in [1.165, 1.54) is 0 Å². The first-order valence-electron chi connectivity index (χ1n) is 4.34. The fraction of sp³-hybridized carbons (Fsp3) is 0.444. The normalized spacial score (nSPS) is 9.93. The van der Waals surface area contributed by atoms with E-state index < -0.39 is 0 Å². The first kappa shape index (κ1) is 11.3. The minimum Gasteiger partial charge on any atom is -0.338 e. The highest BCUT2D eigenvalue weighted by atomic mass is 35.5. The van der Waals surface area contributed by atoms with Crippen LogP contribution in [0.1, 0.15) is 12.5 Å². The van der Waals surface area contributed by atoms with E-state index in [-0.39, 0.29) is 6.03 Å². The van der Waals surface area contributed by atoms with Crippen LogP contribution >= 0.6 is 22.9 Å². The Hall–Kier alpha value is -0.740. The average molecular weight is 233 g/mol. The Morgan fingerprint density at radius 2 is 2.36 bits per heavy atom. The first-order valence-corrected chi connectivity index (χ1v) is 5.66. The number of urea groups is 1. The Morgan fingerprint density at radius 3 is 2.86 bits per heavy atom. The summed E-state index contributed by atoms with van der Waals surface area (Å²) in [5.74, 6) is 0. The van der Waals surface area contributed by atoms with Crippen LogP contribution in [0.4, 0.5) is 4.79 Å². The number of rotatable bonds is 3. The number of thiophene rings is 1. The van der Waals surface area contributed by atoms with Crippen molar-refractivity contribution in [3.63, 3.8) is 0 Å². The van der Waals surface area contributed by atoms with Crippen molar-refractivity contribution in [2.45, 2.75) is 13.5 Å². The lowest BCUT2D eigenvalue weighted by atomic mass is 10.3. The number of carbonyl (C=O) groups is 1. The summed E-state index contributed by atoms with van der Waals surface area (Å²) in [5.41, 5.74) is 0.991. The van der Waals surface area contributed by atoms with Gasteiger partial charge < -0.3 is 10.2 Å². The molecule has 0 saturated carbocycles. The molecular weight excluding hydrogens is 220 g/mol. The third-order valence-electron chi connectivity index (χ3n) is 1.77. The first-order chi connectivity index (χ1) is 6.65. The van der Waals surface area contributed by atoms with Crippen LogP contribution in [0.3, 0.4) is 0 Å². The summed E-state index contributed by atoms with van der Waals surface area (Å²) in [5, 5.41) is 7.27. The van der Waals surface area contributed by atoms with Crippen molar-refractivity contribution in [1.82, 2.24) is 10.2 Å². The van der Waals surface area contributed by atoms with Gasteiger partial charge in [0.2, 0.25) is 0 Å². The predicted octanol–water partition coefficient (Wildman–Crippen LogP) is 2.56. The molecule has 0 unspecified atom stereocenters. The lowest BCUT2D eigenvalue weighted by Gasteiger charge is -2.16. The molecule has 3 nitrogen and oxygen atoms in total.